The van der Waals surface area contributed by atoms with Gasteiger partial charge in [-0.1, -0.05) is 13.8 Å². The highest BCUT2D eigenvalue weighted by Crippen LogP contribution is 2.17. The van der Waals surface area contributed by atoms with Gasteiger partial charge in [-0.05, 0) is 46.4 Å². The third kappa shape index (κ3) is 3.85. The Morgan fingerprint density at radius 2 is 2.12 bits per heavy atom. The van der Waals surface area contributed by atoms with Crippen molar-refractivity contribution >= 4 is 15.9 Å². The normalized spacial score (nSPS) is 15.1. The maximum atomic E-state index is 10.1. The molecule has 1 heterocycles. The number of nitrogens with two attached hydrogens (primary N) is 1. The molecule has 1 rings (SSSR count). The number of aliphatic hydroxyl groups excluding tert-OH is 1. The summed E-state index contributed by atoms with van der Waals surface area (Å²) in [6.45, 7) is 4.67. The predicted octanol–water partition coefficient (Wildman–Crippen LogP) is 1.98. The summed E-state index contributed by atoms with van der Waals surface area (Å²) in [5, 5.41) is 10.1. The Balaban J connectivity index is 2.62. The molecule has 2 unspecified atom stereocenters. The second kappa shape index (κ2) is 6.33. The molecule has 0 amide bonds. The van der Waals surface area contributed by atoms with Crippen LogP contribution in [0.2, 0.25) is 0 Å². The Labute approximate surface area is 105 Å². The summed E-state index contributed by atoms with van der Waals surface area (Å²) in [6.07, 6.45) is 1.89. The summed E-state index contributed by atoms with van der Waals surface area (Å²) in [6, 6.07) is 3.85. The van der Waals surface area contributed by atoms with E-state index in [9.17, 15) is 5.11 Å². The Morgan fingerprint density at radius 3 is 2.56 bits per heavy atom. The van der Waals surface area contributed by atoms with Gasteiger partial charge in [0.1, 0.15) is 0 Å². The van der Waals surface area contributed by atoms with Crippen LogP contribution < -0.4 is 5.73 Å². The molecule has 0 aliphatic carbocycles. The third-order valence-corrected chi connectivity index (χ3v) is 3.30. The quantitative estimate of drug-likeness (QED) is 0.870. The Morgan fingerprint density at radius 1 is 1.44 bits per heavy atom. The lowest BCUT2D eigenvalue weighted by molar-refractivity contribution is 0.0855. The molecule has 3 N–H and O–H groups in total. The monoisotopic (exact) mass is 286 g/mol. The second-order valence-electron chi connectivity index (χ2n) is 4.38. The van der Waals surface area contributed by atoms with Gasteiger partial charge >= 0.3 is 0 Å². The molecule has 0 aliphatic heterocycles. The first-order chi connectivity index (χ1) is 7.54. The first-order valence-electron chi connectivity index (χ1n) is 5.53. The van der Waals surface area contributed by atoms with Crippen molar-refractivity contribution in [2.45, 2.75) is 26.4 Å². The number of halogens is 1. The minimum absolute atomic E-state index is 0.130. The van der Waals surface area contributed by atoms with Crippen molar-refractivity contribution < 1.29 is 5.11 Å². The summed E-state index contributed by atoms with van der Waals surface area (Å²) < 4.78 is 0.949. The highest BCUT2D eigenvalue weighted by atomic mass is 79.9. The standard InChI is InChI=1S/C12H19BrN2O/c1-8(2)11(6-14)12(16)5-10-4-3-9(13)7-15-10/h3-4,7-8,11-12,16H,5-6,14H2,1-2H3. The van der Waals surface area contributed by atoms with E-state index in [-0.39, 0.29) is 5.92 Å². The molecular weight excluding hydrogens is 268 g/mol. The van der Waals surface area contributed by atoms with Gasteiger partial charge in [-0.15, -0.1) is 0 Å². The van der Waals surface area contributed by atoms with Crippen molar-refractivity contribution in [3.8, 4) is 0 Å². The smallest absolute Gasteiger partial charge is 0.0638 e. The van der Waals surface area contributed by atoms with Gasteiger partial charge in [-0.25, -0.2) is 0 Å². The van der Waals surface area contributed by atoms with Crippen LogP contribution in [0.25, 0.3) is 0 Å². The van der Waals surface area contributed by atoms with Crippen LogP contribution in [0.3, 0.4) is 0 Å². The molecule has 16 heavy (non-hydrogen) atoms. The maximum absolute atomic E-state index is 10.1. The molecule has 0 radical (unpaired) electrons. The van der Waals surface area contributed by atoms with Crippen LogP contribution in [0.4, 0.5) is 0 Å². The zero-order valence-electron chi connectivity index (χ0n) is 9.73. The fourth-order valence-corrected chi connectivity index (χ4v) is 2.00. The number of hydrogen-bond donors (Lipinski definition) is 2. The van der Waals surface area contributed by atoms with Gasteiger partial charge < -0.3 is 10.8 Å². The fraction of sp³-hybridized carbons (Fsp3) is 0.583. The number of aliphatic hydroxyl groups is 1. The Kier molecular flexibility index (Phi) is 5.38. The number of nitrogens with zero attached hydrogens (tertiary/aromatic N) is 1. The number of hydrogen-bond acceptors (Lipinski definition) is 3. The van der Waals surface area contributed by atoms with Crippen molar-refractivity contribution in [1.82, 2.24) is 4.98 Å². The predicted molar refractivity (Wildman–Crippen MR) is 69.0 cm³/mol. The van der Waals surface area contributed by atoms with Crippen molar-refractivity contribution in [2.75, 3.05) is 6.54 Å². The topological polar surface area (TPSA) is 59.1 Å². The minimum Gasteiger partial charge on any atom is -0.392 e. The zero-order valence-corrected chi connectivity index (χ0v) is 11.3. The molecule has 1 aromatic rings. The van der Waals surface area contributed by atoms with E-state index in [1.165, 1.54) is 0 Å². The van der Waals surface area contributed by atoms with Crippen LogP contribution in [0.5, 0.6) is 0 Å². The molecule has 0 bridgehead atoms. The molecule has 0 saturated heterocycles. The molecule has 0 saturated carbocycles. The molecule has 2 atom stereocenters. The van der Waals surface area contributed by atoms with Gasteiger partial charge in [-0.2, -0.15) is 0 Å². The fourth-order valence-electron chi connectivity index (χ4n) is 1.77. The van der Waals surface area contributed by atoms with Gasteiger partial charge in [0.15, 0.2) is 0 Å². The second-order valence-corrected chi connectivity index (χ2v) is 5.30. The van der Waals surface area contributed by atoms with E-state index in [0.717, 1.165) is 10.2 Å². The van der Waals surface area contributed by atoms with Crippen LogP contribution in [0, 0.1) is 11.8 Å². The Hall–Kier alpha value is -0.450. The molecule has 0 fully saturated rings. The lowest BCUT2D eigenvalue weighted by Crippen LogP contribution is -2.33. The van der Waals surface area contributed by atoms with Crippen LogP contribution in [-0.4, -0.2) is 22.7 Å². The zero-order chi connectivity index (χ0) is 12.1. The molecule has 4 heteroatoms. The lowest BCUT2D eigenvalue weighted by atomic mass is 9.88. The maximum Gasteiger partial charge on any atom is 0.0638 e. The number of rotatable bonds is 5. The average Bonchev–Trinajstić information content (AvgIpc) is 2.22. The lowest BCUT2D eigenvalue weighted by Gasteiger charge is -2.24. The summed E-state index contributed by atoms with van der Waals surface area (Å²) in [5.74, 6) is 0.515. The Bertz CT molecular complexity index is 313. The summed E-state index contributed by atoms with van der Waals surface area (Å²) in [7, 11) is 0. The largest absolute Gasteiger partial charge is 0.392 e. The van der Waals surface area contributed by atoms with Crippen molar-refractivity contribution in [1.29, 1.82) is 0 Å². The van der Waals surface area contributed by atoms with Gasteiger partial charge in [0.2, 0.25) is 0 Å². The summed E-state index contributed by atoms with van der Waals surface area (Å²) in [5.41, 5.74) is 6.56. The van der Waals surface area contributed by atoms with Crippen molar-refractivity contribution in [2.24, 2.45) is 17.6 Å². The average molecular weight is 287 g/mol. The van der Waals surface area contributed by atoms with Gasteiger partial charge in [0.05, 0.1) is 6.10 Å². The van der Waals surface area contributed by atoms with Crippen LogP contribution in [-0.2, 0) is 6.42 Å². The van der Waals surface area contributed by atoms with Crippen molar-refractivity contribution in [3.63, 3.8) is 0 Å². The SMILES string of the molecule is CC(C)C(CN)C(O)Cc1ccc(Br)cn1. The van der Waals surface area contributed by atoms with Gasteiger partial charge in [0.25, 0.3) is 0 Å². The van der Waals surface area contributed by atoms with Crippen LogP contribution >= 0.6 is 15.9 Å². The van der Waals surface area contributed by atoms with E-state index >= 15 is 0 Å². The molecular formula is C12H19BrN2O. The molecule has 1 aromatic heterocycles. The van der Waals surface area contributed by atoms with Crippen LogP contribution in [0.1, 0.15) is 19.5 Å². The van der Waals surface area contributed by atoms with E-state index in [2.05, 4.69) is 34.8 Å². The molecule has 0 spiro atoms. The number of aromatic nitrogens is 1. The van der Waals surface area contributed by atoms with Crippen LogP contribution in [0.15, 0.2) is 22.8 Å². The third-order valence-electron chi connectivity index (χ3n) is 2.83. The highest BCUT2D eigenvalue weighted by Gasteiger charge is 2.21. The van der Waals surface area contributed by atoms with E-state index in [0.29, 0.717) is 18.9 Å². The highest BCUT2D eigenvalue weighted by molar-refractivity contribution is 9.10. The van der Waals surface area contributed by atoms with E-state index in [4.69, 9.17) is 5.73 Å². The van der Waals surface area contributed by atoms with Crippen molar-refractivity contribution in [3.05, 3.63) is 28.5 Å². The first-order valence-corrected chi connectivity index (χ1v) is 6.32. The molecule has 90 valence electrons. The van der Waals surface area contributed by atoms with E-state index < -0.39 is 6.10 Å². The minimum atomic E-state index is -0.418. The summed E-state index contributed by atoms with van der Waals surface area (Å²) in [4.78, 5) is 4.25. The van der Waals surface area contributed by atoms with Gasteiger partial charge in [0, 0.05) is 22.8 Å². The summed E-state index contributed by atoms with van der Waals surface area (Å²) >= 11 is 3.33. The van der Waals surface area contributed by atoms with E-state index in [1.807, 2.05) is 12.1 Å². The molecule has 3 nitrogen and oxygen atoms in total. The first kappa shape index (κ1) is 13.6. The van der Waals surface area contributed by atoms with E-state index in [1.54, 1.807) is 6.20 Å². The number of pyridine rings is 1. The molecule has 0 aromatic carbocycles. The molecule has 0 aliphatic rings. The van der Waals surface area contributed by atoms with Gasteiger partial charge in [-0.3, -0.25) is 4.98 Å².